The number of hydrogen-bond donors (Lipinski definition) is 1. The number of rotatable bonds is 8. The number of fused-ring (bicyclic) bond motifs is 1. The SMILES string of the molecule is O=C(COc1ccccc1)N[C@@H]1C(=O)N2C(C(=O)OCc3ccc([N+](=O)[O-])cc3)C(=O)CS[C@H]12. The first-order valence-electron chi connectivity index (χ1n) is 10.2. The minimum Gasteiger partial charge on any atom is -0.484 e. The number of nitrogens with zero attached hydrogens (tertiary/aromatic N) is 2. The van der Waals surface area contributed by atoms with Crippen LogP contribution in [0.4, 0.5) is 5.69 Å². The fourth-order valence-electron chi connectivity index (χ4n) is 3.54. The minimum absolute atomic E-state index is 0.0152. The van der Waals surface area contributed by atoms with Gasteiger partial charge in [-0.3, -0.25) is 24.5 Å². The molecule has 2 aliphatic heterocycles. The van der Waals surface area contributed by atoms with E-state index in [9.17, 15) is 29.3 Å². The van der Waals surface area contributed by atoms with E-state index in [0.717, 1.165) is 16.7 Å². The number of para-hydroxylation sites is 1. The van der Waals surface area contributed by atoms with Crippen molar-refractivity contribution >= 4 is 41.0 Å². The van der Waals surface area contributed by atoms with Gasteiger partial charge in [0.15, 0.2) is 18.4 Å². The average molecular weight is 485 g/mol. The van der Waals surface area contributed by atoms with Gasteiger partial charge in [-0.2, -0.15) is 0 Å². The smallest absolute Gasteiger partial charge is 0.337 e. The molecule has 2 fully saturated rings. The van der Waals surface area contributed by atoms with E-state index in [1.807, 2.05) is 6.07 Å². The number of Topliss-reactive ketones (excluding diaryl/α,β-unsaturated/α-hetero) is 1. The lowest BCUT2D eigenvalue weighted by atomic mass is 10.0. The number of hydrogen-bond acceptors (Lipinski definition) is 9. The molecule has 0 radical (unpaired) electrons. The molecular weight excluding hydrogens is 466 g/mol. The third-order valence-corrected chi connectivity index (χ3v) is 6.53. The van der Waals surface area contributed by atoms with Gasteiger partial charge >= 0.3 is 5.97 Å². The van der Waals surface area contributed by atoms with E-state index >= 15 is 0 Å². The fourth-order valence-corrected chi connectivity index (χ4v) is 4.80. The van der Waals surface area contributed by atoms with Crippen LogP contribution in [0.25, 0.3) is 0 Å². The highest BCUT2D eigenvalue weighted by Gasteiger charge is 2.58. The summed E-state index contributed by atoms with van der Waals surface area (Å²) in [6.07, 6.45) is 0. The molecule has 0 saturated carbocycles. The molecule has 1 N–H and O–H groups in total. The monoisotopic (exact) mass is 485 g/mol. The number of nitro benzene ring substituents is 1. The van der Waals surface area contributed by atoms with E-state index in [1.54, 1.807) is 24.3 Å². The average Bonchev–Trinajstić information content (AvgIpc) is 2.85. The Morgan fingerprint density at radius 2 is 1.82 bits per heavy atom. The van der Waals surface area contributed by atoms with Crippen molar-refractivity contribution in [2.75, 3.05) is 12.4 Å². The van der Waals surface area contributed by atoms with Crippen LogP contribution in [0, 0.1) is 10.1 Å². The Labute approximate surface area is 197 Å². The lowest BCUT2D eigenvalue weighted by Crippen LogP contribution is -2.76. The number of esters is 1. The second kappa shape index (κ2) is 9.91. The molecule has 0 aromatic heterocycles. The maximum Gasteiger partial charge on any atom is 0.337 e. The summed E-state index contributed by atoms with van der Waals surface area (Å²) in [6, 6.07) is 11.9. The molecule has 1 unspecified atom stereocenters. The molecule has 0 bridgehead atoms. The van der Waals surface area contributed by atoms with E-state index in [2.05, 4.69) is 5.32 Å². The highest BCUT2D eigenvalue weighted by Crippen LogP contribution is 2.37. The van der Waals surface area contributed by atoms with Gasteiger partial charge in [-0.25, -0.2) is 4.79 Å². The normalized spacial score (nSPS) is 21.2. The summed E-state index contributed by atoms with van der Waals surface area (Å²) in [6.45, 7) is -0.498. The van der Waals surface area contributed by atoms with Gasteiger partial charge in [-0.05, 0) is 29.8 Å². The number of nitro groups is 1. The van der Waals surface area contributed by atoms with Crippen LogP contribution in [-0.2, 0) is 30.5 Å². The highest BCUT2D eigenvalue weighted by atomic mass is 32.2. The zero-order valence-corrected chi connectivity index (χ0v) is 18.4. The summed E-state index contributed by atoms with van der Waals surface area (Å²) in [5, 5.41) is 12.7. The number of ketones is 1. The number of ether oxygens (including phenoxy) is 2. The van der Waals surface area contributed by atoms with Gasteiger partial charge in [0.1, 0.15) is 23.8 Å². The van der Waals surface area contributed by atoms with Gasteiger partial charge in [0.05, 0.1) is 10.7 Å². The number of carbonyl (C=O) groups excluding carboxylic acids is 4. The highest BCUT2D eigenvalue weighted by molar-refractivity contribution is 8.00. The van der Waals surface area contributed by atoms with Crippen molar-refractivity contribution < 1.29 is 33.6 Å². The Morgan fingerprint density at radius 1 is 1.12 bits per heavy atom. The number of amides is 2. The summed E-state index contributed by atoms with van der Waals surface area (Å²) in [4.78, 5) is 61.2. The number of benzene rings is 2. The Morgan fingerprint density at radius 3 is 2.50 bits per heavy atom. The number of carbonyl (C=O) groups is 4. The predicted molar refractivity (Wildman–Crippen MR) is 119 cm³/mol. The number of β-lactam (4-membered cyclic amide) rings is 1. The molecule has 2 heterocycles. The largest absolute Gasteiger partial charge is 0.484 e. The van der Waals surface area contributed by atoms with Crippen LogP contribution in [0.5, 0.6) is 5.75 Å². The van der Waals surface area contributed by atoms with Gasteiger partial charge in [0.2, 0.25) is 5.91 Å². The van der Waals surface area contributed by atoms with Crippen LogP contribution >= 0.6 is 11.8 Å². The first-order valence-corrected chi connectivity index (χ1v) is 11.2. The van der Waals surface area contributed by atoms with E-state index in [4.69, 9.17) is 9.47 Å². The van der Waals surface area contributed by atoms with Crippen molar-refractivity contribution in [3.8, 4) is 5.75 Å². The van der Waals surface area contributed by atoms with E-state index < -0.39 is 45.9 Å². The Kier molecular flexibility index (Phi) is 6.77. The van der Waals surface area contributed by atoms with E-state index in [1.165, 1.54) is 24.3 Å². The molecule has 3 atom stereocenters. The predicted octanol–water partition coefficient (Wildman–Crippen LogP) is 1.05. The van der Waals surface area contributed by atoms with Crippen LogP contribution in [0.1, 0.15) is 5.56 Å². The van der Waals surface area contributed by atoms with E-state index in [-0.39, 0.29) is 24.7 Å². The molecule has 2 aromatic rings. The molecule has 2 aliphatic rings. The molecule has 0 spiro atoms. The van der Waals surface area contributed by atoms with Crippen LogP contribution in [0.3, 0.4) is 0 Å². The molecule has 2 saturated heterocycles. The van der Waals surface area contributed by atoms with Gasteiger partial charge in [0.25, 0.3) is 11.6 Å². The Balaban J connectivity index is 1.32. The molecular formula is C22H19N3O8S. The molecule has 4 rings (SSSR count). The molecule has 12 heteroatoms. The van der Waals surface area contributed by atoms with Crippen molar-refractivity contribution in [2.45, 2.75) is 24.1 Å². The first-order chi connectivity index (χ1) is 16.3. The molecule has 2 aromatic carbocycles. The summed E-state index contributed by atoms with van der Waals surface area (Å²) in [5.41, 5.74) is 0.387. The standard InChI is InChI=1S/C22H19N3O8S/c26-16-12-34-21-18(23-17(27)11-32-15-4-2-1-3-5-15)20(28)24(21)19(16)22(29)33-10-13-6-8-14(9-7-13)25(30)31/h1-9,18-19,21H,10-12H2,(H,23,27)/t18-,19?,21-/m1/s1. The van der Waals surface area contributed by atoms with Crippen molar-refractivity contribution in [2.24, 2.45) is 0 Å². The van der Waals surface area contributed by atoms with Gasteiger partial charge in [-0.1, -0.05) is 18.2 Å². The molecule has 11 nitrogen and oxygen atoms in total. The van der Waals surface area contributed by atoms with E-state index in [0.29, 0.717) is 11.3 Å². The summed E-state index contributed by atoms with van der Waals surface area (Å²) in [7, 11) is 0. The quantitative estimate of drug-likeness (QED) is 0.191. The van der Waals surface area contributed by atoms with Gasteiger partial charge in [-0.15, -0.1) is 11.8 Å². The fraction of sp³-hybridized carbons (Fsp3) is 0.273. The maximum atomic E-state index is 12.7. The molecule has 2 amide bonds. The second-order valence-corrected chi connectivity index (χ2v) is 8.60. The zero-order valence-electron chi connectivity index (χ0n) is 17.6. The van der Waals surface area contributed by atoms with Crippen molar-refractivity contribution in [3.05, 3.63) is 70.3 Å². The third-order valence-electron chi connectivity index (χ3n) is 5.24. The van der Waals surface area contributed by atoms with Crippen molar-refractivity contribution in [1.82, 2.24) is 10.2 Å². The number of thioether (sulfide) groups is 1. The van der Waals surface area contributed by atoms with Gasteiger partial charge in [0, 0.05) is 12.1 Å². The molecule has 34 heavy (non-hydrogen) atoms. The number of non-ortho nitro benzene ring substituents is 1. The van der Waals surface area contributed by atoms with Crippen molar-refractivity contribution in [3.63, 3.8) is 0 Å². The first kappa shape index (κ1) is 23.2. The molecule has 176 valence electrons. The summed E-state index contributed by atoms with van der Waals surface area (Å²) in [5.74, 6) is -1.93. The lowest BCUT2D eigenvalue weighted by molar-refractivity contribution is -0.384. The summed E-state index contributed by atoms with van der Waals surface area (Å²) >= 11 is 1.16. The zero-order chi connectivity index (χ0) is 24.2. The van der Waals surface area contributed by atoms with Crippen LogP contribution in [0.15, 0.2) is 54.6 Å². The van der Waals surface area contributed by atoms with Crippen LogP contribution in [0.2, 0.25) is 0 Å². The summed E-state index contributed by atoms with van der Waals surface area (Å²) < 4.78 is 10.6. The topological polar surface area (TPSA) is 145 Å². The maximum absolute atomic E-state index is 12.7. The van der Waals surface area contributed by atoms with Crippen molar-refractivity contribution in [1.29, 1.82) is 0 Å². The Bertz CT molecular complexity index is 1120. The third kappa shape index (κ3) is 4.86. The second-order valence-electron chi connectivity index (χ2n) is 7.49. The van der Waals surface area contributed by atoms with Crippen LogP contribution < -0.4 is 10.1 Å². The van der Waals surface area contributed by atoms with Gasteiger partial charge < -0.3 is 19.7 Å². The number of nitrogens with one attached hydrogen (secondary N) is 1. The van der Waals surface area contributed by atoms with Crippen LogP contribution in [-0.4, -0.2) is 63.2 Å². The lowest BCUT2D eigenvalue weighted by Gasteiger charge is -2.51. The molecule has 0 aliphatic carbocycles. The minimum atomic E-state index is -1.40. The Hall–Kier alpha value is -3.93.